The Morgan fingerprint density at radius 2 is 1.77 bits per heavy atom. The van der Waals surface area contributed by atoms with Crippen LogP contribution in [0.5, 0.6) is 0 Å². The molecule has 1 fully saturated rings. The van der Waals surface area contributed by atoms with Crippen LogP contribution in [0.4, 0.5) is 0 Å². The maximum Gasteiger partial charge on any atom is 1.00 e. The van der Waals surface area contributed by atoms with E-state index in [4.69, 9.17) is 0 Å². The number of carbonyl (C=O) groups is 3. The molecule has 0 aromatic carbocycles. The molecule has 128 valence electrons. The number of likely N-dealkylation sites (N-methyl/N-ethyl adjacent to an activating group) is 1. The van der Waals surface area contributed by atoms with Gasteiger partial charge in [0.15, 0.2) is 0 Å². The first kappa shape index (κ1) is 37.5. The Morgan fingerprint density at radius 3 is 2.05 bits per heavy atom. The molecular weight excluding hydrogens is 299 g/mol. The summed E-state index contributed by atoms with van der Waals surface area (Å²) < 4.78 is 0. The number of nitrogens with one attached hydrogen (secondary N) is 1. The van der Waals surface area contributed by atoms with E-state index in [1.807, 2.05) is 0 Å². The third-order valence-electron chi connectivity index (χ3n) is 2.55. The molecule has 0 radical (unpaired) electrons. The van der Waals surface area contributed by atoms with Crippen molar-refractivity contribution in [2.24, 2.45) is 5.92 Å². The van der Waals surface area contributed by atoms with Gasteiger partial charge in [-0.25, -0.2) is 0 Å². The molecule has 8 heteroatoms. The van der Waals surface area contributed by atoms with Gasteiger partial charge in [0, 0.05) is 19.4 Å². The Morgan fingerprint density at radius 1 is 1.32 bits per heavy atom. The second kappa shape index (κ2) is 16.6. The minimum absolute atomic E-state index is 0. The van der Waals surface area contributed by atoms with Crippen LogP contribution in [0.2, 0.25) is 0 Å². The van der Waals surface area contributed by atoms with Gasteiger partial charge in [0.2, 0.25) is 17.7 Å². The van der Waals surface area contributed by atoms with Crippen LogP contribution in [0.1, 0.15) is 49.5 Å². The van der Waals surface area contributed by atoms with E-state index in [0.29, 0.717) is 0 Å². The van der Waals surface area contributed by atoms with Crippen LogP contribution in [0.15, 0.2) is 0 Å². The molecule has 0 saturated carbocycles. The van der Waals surface area contributed by atoms with E-state index < -0.39 is 29.7 Å². The molecule has 0 aromatic heterocycles. The Balaban J connectivity index is -0.000000107. The summed E-state index contributed by atoms with van der Waals surface area (Å²) in [5, 5.41) is 2.32. The first-order valence-corrected chi connectivity index (χ1v) is 4.95. The molecule has 0 aliphatic carbocycles. The topological polar surface area (TPSA) is 114 Å². The Bertz CT molecular complexity index is 350. The van der Waals surface area contributed by atoms with E-state index in [0.717, 1.165) is 4.90 Å². The zero-order chi connectivity index (χ0) is 12.3. The molecule has 1 rings (SSSR count). The van der Waals surface area contributed by atoms with Gasteiger partial charge in [-0.05, 0) is 0 Å². The van der Waals surface area contributed by atoms with Crippen LogP contribution in [-0.2, 0) is 19.2 Å². The van der Waals surface area contributed by atoms with Gasteiger partial charge in [0.05, 0.1) is 6.04 Å². The molecule has 1 aliphatic heterocycles. The van der Waals surface area contributed by atoms with Crippen LogP contribution < -0.4 is 34.9 Å². The quantitative estimate of drug-likeness (QED) is 0.378. The maximum atomic E-state index is 11.6. The number of hydrogen-bond donors (Lipinski definition) is 1. The summed E-state index contributed by atoms with van der Waals surface area (Å²) in [4.78, 5) is 45.8. The minimum Gasteiger partial charge on any atom is -0.870 e. The first-order chi connectivity index (χ1) is 7.52. The van der Waals surface area contributed by atoms with Gasteiger partial charge >= 0.3 is 29.6 Å². The van der Waals surface area contributed by atoms with Crippen molar-refractivity contribution in [1.82, 2.24) is 10.2 Å². The Labute approximate surface area is 156 Å². The van der Waals surface area contributed by atoms with Crippen molar-refractivity contribution in [3.63, 3.8) is 0 Å². The van der Waals surface area contributed by atoms with Crippen LogP contribution >= 0.6 is 0 Å². The molecular formula is C14H30N2NaO5-. The second-order valence-corrected chi connectivity index (χ2v) is 3.69. The van der Waals surface area contributed by atoms with Crippen LogP contribution in [0.25, 0.3) is 0 Å². The van der Waals surface area contributed by atoms with Crippen LogP contribution in [-0.4, -0.2) is 47.5 Å². The zero-order valence-electron chi connectivity index (χ0n) is 10.6. The molecule has 7 nitrogen and oxygen atoms in total. The van der Waals surface area contributed by atoms with Crippen molar-refractivity contribution in [1.29, 1.82) is 0 Å². The number of imide groups is 1. The SMILES string of the molecule is C.C.C.C.CNC(=O)C(C[C-]=O)N1C(=O)CC(C)C1=O.[Na+].[OH-]. The summed E-state index contributed by atoms with van der Waals surface area (Å²) >= 11 is 0. The van der Waals surface area contributed by atoms with Gasteiger partial charge in [-0.15, -0.1) is 6.42 Å². The Kier molecular flexibility index (Phi) is 28.3. The molecule has 2 N–H and O–H groups in total. The average molecular weight is 329 g/mol. The fraction of sp³-hybridized carbons (Fsp3) is 0.714. The summed E-state index contributed by atoms with van der Waals surface area (Å²) in [6.07, 6.45) is 1.36. The monoisotopic (exact) mass is 329 g/mol. The standard InChI is InChI=1S/C10H13N2O4.4CH4.Na.H2O/c1-6-5-8(14)12(10(6)16)7(3-4-13)9(15)11-2;;;;;;/h6-7H,3,5H2,1-2H3,(H,11,15);4*1H4;;1H2/q-1;;;;;+1;/p-1. The van der Waals surface area contributed by atoms with Gasteiger partial charge in [0.1, 0.15) is 0 Å². The molecule has 1 aliphatic rings. The normalized spacial score (nSPS) is 16.1. The maximum absolute atomic E-state index is 11.6. The van der Waals surface area contributed by atoms with E-state index in [2.05, 4.69) is 5.32 Å². The average Bonchev–Trinajstić information content (AvgIpc) is 2.50. The molecule has 0 spiro atoms. The van der Waals surface area contributed by atoms with Gasteiger partial charge in [-0.1, -0.05) is 36.6 Å². The summed E-state index contributed by atoms with van der Waals surface area (Å²) in [6, 6.07) is -1.06. The smallest absolute Gasteiger partial charge is 0.870 e. The summed E-state index contributed by atoms with van der Waals surface area (Å²) in [6.45, 7) is 1.62. The number of carbonyl (C=O) groups excluding carboxylic acids is 4. The number of nitrogens with zero attached hydrogens (tertiary/aromatic N) is 1. The van der Waals surface area contributed by atoms with E-state index >= 15 is 0 Å². The molecule has 0 aromatic rings. The molecule has 1 heterocycles. The van der Waals surface area contributed by atoms with Crippen molar-refractivity contribution in [2.75, 3.05) is 7.05 Å². The third kappa shape index (κ3) is 8.03. The summed E-state index contributed by atoms with van der Waals surface area (Å²) in [7, 11) is 1.38. The van der Waals surface area contributed by atoms with E-state index in [1.165, 1.54) is 7.05 Å². The van der Waals surface area contributed by atoms with Crippen molar-refractivity contribution in [2.45, 2.75) is 55.5 Å². The third-order valence-corrected chi connectivity index (χ3v) is 2.55. The molecule has 2 atom stereocenters. The number of amides is 3. The van der Waals surface area contributed by atoms with Crippen molar-refractivity contribution >= 4 is 24.0 Å². The predicted molar refractivity (Wildman–Crippen MR) is 82.7 cm³/mol. The van der Waals surface area contributed by atoms with E-state index in [9.17, 15) is 19.2 Å². The van der Waals surface area contributed by atoms with Crippen LogP contribution in [0.3, 0.4) is 0 Å². The molecule has 22 heavy (non-hydrogen) atoms. The zero-order valence-corrected chi connectivity index (χ0v) is 12.6. The van der Waals surface area contributed by atoms with Gasteiger partial charge in [0.25, 0.3) is 0 Å². The van der Waals surface area contributed by atoms with Crippen molar-refractivity contribution < 1.29 is 54.2 Å². The van der Waals surface area contributed by atoms with Gasteiger partial charge in [-0.2, -0.15) is 0 Å². The van der Waals surface area contributed by atoms with Crippen molar-refractivity contribution in [3.05, 3.63) is 0 Å². The molecule has 2 unspecified atom stereocenters. The fourth-order valence-corrected chi connectivity index (χ4v) is 1.68. The van der Waals surface area contributed by atoms with E-state index in [1.54, 1.807) is 13.2 Å². The van der Waals surface area contributed by atoms with Gasteiger partial charge in [-0.3, -0.25) is 25.6 Å². The first-order valence-electron chi connectivity index (χ1n) is 4.95. The number of hydrogen-bond acceptors (Lipinski definition) is 5. The molecule has 1 saturated heterocycles. The predicted octanol–water partition coefficient (Wildman–Crippen LogP) is -1.63. The number of likely N-dealkylation sites (tertiary alicyclic amines) is 1. The van der Waals surface area contributed by atoms with Crippen LogP contribution in [0, 0.1) is 5.92 Å². The molecule has 3 amide bonds. The molecule has 0 bridgehead atoms. The minimum atomic E-state index is -1.06. The second-order valence-electron chi connectivity index (χ2n) is 3.69. The van der Waals surface area contributed by atoms with E-state index in [-0.39, 0.29) is 77.6 Å². The van der Waals surface area contributed by atoms with Crippen molar-refractivity contribution in [3.8, 4) is 0 Å². The summed E-state index contributed by atoms with van der Waals surface area (Å²) in [5.41, 5.74) is 0. The number of rotatable bonds is 4. The van der Waals surface area contributed by atoms with Gasteiger partial charge < -0.3 is 15.6 Å². The summed E-state index contributed by atoms with van der Waals surface area (Å²) in [5.74, 6) is -1.78. The fourth-order valence-electron chi connectivity index (χ4n) is 1.68. The Hall–Kier alpha value is -0.760. The largest absolute Gasteiger partial charge is 1.00 e.